The Hall–Kier alpha value is -2.37. The smallest absolute Gasteiger partial charge is 0.335 e. The minimum absolute atomic E-state index is 0.175. The van der Waals surface area contributed by atoms with Crippen molar-refractivity contribution >= 4 is 11.7 Å². The van der Waals surface area contributed by atoms with Crippen LogP contribution in [0.1, 0.15) is 21.9 Å². The maximum absolute atomic E-state index is 13.9. The van der Waals surface area contributed by atoms with Crippen LogP contribution in [0.3, 0.4) is 0 Å². The molecule has 1 heterocycles. The first-order chi connectivity index (χ1) is 9.38. The van der Waals surface area contributed by atoms with E-state index in [4.69, 9.17) is 9.52 Å². The third-order valence-electron chi connectivity index (χ3n) is 2.83. The summed E-state index contributed by atoms with van der Waals surface area (Å²) in [5, 5.41) is 8.74. The van der Waals surface area contributed by atoms with Gasteiger partial charge in [0, 0.05) is 7.05 Å². The maximum Gasteiger partial charge on any atom is 0.335 e. The molecule has 2 rings (SSSR count). The topological polar surface area (TPSA) is 53.7 Å². The van der Waals surface area contributed by atoms with Crippen molar-refractivity contribution < 1.29 is 23.1 Å². The zero-order chi connectivity index (χ0) is 14.9. The minimum Gasteiger partial charge on any atom is -0.478 e. The number of nitrogens with zero attached hydrogens (tertiary/aromatic N) is 1. The lowest BCUT2D eigenvalue weighted by atomic mass is 10.1. The van der Waals surface area contributed by atoms with Crippen molar-refractivity contribution in [2.24, 2.45) is 0 Å². The first kappa shape index (κ1) is 14.0. The number of anilines is 1. The summed E-state index contributed by atoms with van der Waals surface area (Å²) >= 11 is 0. The average Bonchev–Trinajstić information content (AvgIpc) is 2.73. The number of hydrogen-bond donors (Lipinski definition) is 1. The Morgan fingerprint density at radius 3 is 2.35 bits per heavy atom. The summed E-state index contributed by atoms with van der Waals surface area (Å²) in [6, 6.07) is 5.06. The largest absolute Gasteiger partial charge is 0.478 e. The highest BCUT2D eigenvalue weighted by atomic mass is 19.1. The van der Waals surface area contributed by atoms with Crippen molar-refractivity contribution in [2.75, 3.05) is 11.9 Å². The molecule has 20 heavy (non-hydrogen) atoms. The number of rotatable bonds is 4. The van der Waals surface area contributed by atoms with E-state index in [1.807, 2.05) is 0 Å². The van der Waals surface area contributed by atoms with E-state index in [0.29, 0.717) is 11.5 Å². The van der Waals surface area contributed by atoms with Gasteiger partial charge in [0.25, 0.3) is 0 Å². The standard InChI is InChI=1S/C14H13F2NO3/c1-8-3-4-10(20-8)7-17(2)13-11(15)5-9(14(18)19)6-12(13)16/h3-6H,7H2,1-2H3,(H,18,19). The Balaban J connectivity index is 2.30. The molecule has 0 bridgehead atoms. The molecule has 1 aromatic carbocycles. The van der Waals surface area contributed by atoms with E-state index >= 15 is 0 Å². The lowest BCUT2D eigenvalue weighted by molar-refractivity contribution is 0.0695. The summed E-state index contributed by atoms with van der Waals surface area (Å²) in [6.45, 7) is 1.94. The van der Waals surface area contributed by atoms with Gasteiger partial charge in [-0.1, -0.05) is 0 Å². The molecule has 0 aliphatic rings. The highest BCUT2D eigenvalue weighted by Gasteiger charge is 2.18. The molecule has 0 amide bonds. The minimum atomic E-state index is -1.38. The van der Waals surface area contributed by atoms with Gasteiger partial charge in [0.05, 0.1) is 12.1 Å². The Morgan fingerprint density at radius 1 is 1.30 bits per heavy atom. The molecule has 1 aromatic heterocycles. The zero-order valence-corrected chi connectivity index (χ0v) is 11.0. The van der Waals surface area contributed by atoms with Crippen molar-refractivity contribution in [2.45, 2.75) is 13.5 Å². The van der Waals surface area contributed by atoms with E-state index in [1.165, 1.54) is 11.9 Å². The normalized spacial score (nSPS) is 10.6. The second-order valence-corrected chi connectivity index (χ2v) is 4.46. The molecule has 0 fully saturated rings. The van der Waals surface area contributed by atoms with E-state index in [2.05, 4.69) is 0 Å². The molecule has 1 N–H and O–H groups in total. The molecular weight excluding hydrogens is 268 g/mol. The fourth-order valence-corrected chi connectivity index (χ4v) is 1.94. The van der Waals surface area contributed by atoms with Gasteiger partial charge < -0.3 is 14.4 Å². The van der Waals surface area contributed by atoms with Crippen LogP contribution in [0.2, 0.25) is 0 Å². The summed E-state index contributed by atoms with van der Waals surface area (Å²) in [6.07, 6.45) is 0. The van der Waals surface area contributed by atoms with Gasteiger partial charge in [-0.2, -0.15) is 0 Å². The number of furan rings is 1. The van der Waals surface area contributed by atoms with Gasteiger partial charge in [0.15, 0.2) is 0 Å². The number of aromatic carboxylic acids is 1. The summed E-state index contributed by atoms with van der Waals surface area (Å²) in [7, 11) is 1.50. The van der Waals surface area contributed by atoms with Crippen LogP contribution < -0.4 is 4.90 Å². The molecule has 0 aliphatic heterocycles. The number of hydrogen-bond acceptors (Lipinski definition) is 3. The molecule has 0 unspecified atom stereocenters. The van der Waals surface area contributed by atoms with Crippen LogP contribution in [0.15, 0.2) is 28.7 Å². The number of carbonyl (C=O) groups is 1. The molecule has 0 aliphatic carbocycles. The quantitative estimate of drug-likeness (QED) is 0.935. The molecule has 0 spiro atoms. The average molecular weight is 281 g/mol. The Labute approximate surface area is 114 Å². The predicted octanol–water partition coefficient (Wildman–Crippen LogP) is 3.20. The van der Waals surface area contributed by atoms with Crippen molar-refractivity contribution in [1.82, 2.24) is 0 Å². The fraction of sp³-hybridized carbons (Fsp3) is 0.214. The van der Waals surface area contributed by atoms with Crippen LogP contribution in [0.25, 0.3) is 0 Å². The molecular formula is C14H13F2NO3. The third-order valence-corrected chi connectivity index (χ3v) is 2.83. The molecule has 0 atom stereocenters. The fourth-order valence-electron chi connectivity index (χ4n) is 1.94. The molecule has 0 saturated carbocycles. The van der Waals surface area contributed by atoms with E-state index in [9.17, 15) is 13.6 Å². The van der Waals surface area contributed by atoms with Gasteiger partial charge in [-0.15, -0.1) is 0 Å². The monoisotopic (exact) mass is 281 g/mol. The van der Waals surface area contributed by atoms with Crippen LogP contribution in [0.4, 0.5) is 14.5 Å². The lowest BCUT2D eigenvalue weighted by Crippen LogP contribution is -2.19. The Bertz CT molecular complexity index is 629. The number of benzene rings is 1. The number of carboxylic acids is 1. The summed E-state index contributed by atoms with van der Waals surface area (Å²) < 4.78 is 33.0. The molecule has 6 heteroatoms. The van der Waals surface area contributed by atoms with Gasteiger partial charge in [0.2, 0.25) is 0 Å². The summed E-state index contributed by atoms with van der Waals surface area (Å²) in [4.78, 5) is 12.0. The van der Waals surface area contributed by atoms with Crippen molar-refractivity contribution in [3.63, 3.8) is 0 Å². The van der Waals surface area contributed by atoms with Gasteiger partial charge in [-0.25, -0.2) is 13.6 Å². The maximum atomic E-state index is 13.9. The van der Waals surface area contributed by atoms with E-state index in [0.717, 1.165) is 12.1 Å². The second-order valence-electron chi connectivity index (χ2n) is 4.46. The number of carboxylic acid groups (broad SMARTS) is 1. The van der Waals surface area contributed by atoms with Crippen LogP contribution in [0, 0.1) is 18.6 Å². The first-order valence-electron chi connectivity index (χ1n) is 5.87. The number of halogens is 2. The van der Waals surface area contributed by atoms with E-state index in [1.54, 1.807) is 19.1 Å². The zero-order valence-electron chi connectivity index (χ0n) is 11.0. The molecule has 0 saturated heterocycles. The first-order valence-corrected chi connectivity index (χ1v) is 5.87. The molecule has 4 nitrogen and oxygen atoms in total. The Morgan fingerprint density at radius 2 is 1.90 bits per heavy atom. The molecule has 2 aromatic rings. The third kappa shape index (κ3) is 2.79. The van der Waals surface area contributed by atoms with Crippen LogP contribution in [-0.4, -0.2) is 18.1 Å². The highest BCUT2D eigenvalue weighted by molar-refractivity contribution is 5.88. The highest BCUT2D eigenvalue weighted by Crippen LogP contribution is 2.25. The number of aryl methyl sites for hydroxylation is 1. The molecule has 0 radical (unpaired) electrons. The second kappa shape index (κ2) is 5.32. The van der Waals surface area contributed by atoms with Crippen molar-refractivity contribution in [3.8, 4) is 0 Å². The Kier molecular flexibility index (Phi) is 3.74. The van der Waals surface area contributed by atoms with Gasteiger partial charge in [-0.3, -0.25) is 0 Å². The van der Waals surface area contributed by atoms with E-state index < -0.39 is 23.2 Å². The van der Waals surface area contributed by atoms with Crippen LogP contribution >= 0.6 is 0 Å². The van der Waals surface area contributed by atoms with Crippen LogP contribution in [0.5, 0.6) is 0 Å². The van der Waals surface area contributed by atoms with Crippen molar-refractivity contribution in [1.29, 1.82) is 0 Å². The lowest BCUT2D eigenvalue weighted by Gasteiger charge is -2.19. The van der Waals surface area contributed by atoms with Gasteiger partial charge >= 0.3 is 5.97 Å². The summed E-state index contributed by atoms with van der Waals surface area (Å²) in [5.41, 5.74) is -0.713. The SMILES string of the molecule is Cc1ccc(CN(C)c2c(F)cc(C(=O)O)cc2F)o1. The van der Waals surface area contributed by atoms with Gasteiger partial charge in [-0.05, 0) is 31.2 Å². The van der Waals surface area contributed by atoms with Crippen molar-refractivity contribution in [3.05, 3.63) is 53.0 Å². The predicted molar refractivity (Wildman–Crippen MR) is 68.9 cm³/mol. The van der Waals surface area contributed by atoms with Gasteiger partial charge in [0.1, 0.15) is 28.8 Å². The summed E-state index contributed by atoms with van der Waals surface area (Å²) in [5.74, 6) is -1.96. The molecule has 106 valence electrons. The van der Waals surface area contributed by atoms with Crippen LogP contribution in [-0.2, 0) is 6.54 Å². The van der Waals surface area contributed by atoms with E-state index in [-0.39, 0.29) is 12.2 Å².